The normalized spacial score (nSPS) is 21.2. The molecular formula is C22H24N4O3. The molecule has 0 spiro atoms. The SMILES string of the molecule is Cc1ccc(NC(=O)NC2CCN3C(=O)N(c4ccc(C)cc4)C(=O)C3C2)cc1. The minimum absolute atomic E-state index is 0.170. The minimum Gasteiger partial charge on any atom is -0.335 e. The van der Waals surface area contributed by atoms with Crippen molar-refractivity contribution in [2.24, 2.45) is 0 Å². The van der Waals surface area contributed by atoms with Crippen LogP contribution in [-0.2, 0) is 4.79 Å². The Balaban J connectivity index is 1.40. The molecule has 4 rings (SSSR count). The predicted molar refractivity (Wildman–Crippen MR) is 111 cm³/mol. The fourth-order valence-corrected chi connectivity index (χ4v) is 3.85. The molecule has 2 aliphatic heterocycles. The maximum atomic E-state index is 12.9. The van der Waals surface area contributed by atoms with Gasteiger partial charge in [-0.05, 0) is 51.0 Å². The van der Waals surface area contributed by atoms with E-state index in [1.807, 2.05) is 50.2 Å². The molecule has 29 heavy (non-hydrogen) atoms. The average Bonchev–Trinajstić information content (AvgIpc) is 2.94. The Morgan fingerprint density at radius 3 is 2.24 bits per heavy atom. The molecule has 7 heteroatoms. The van der Waals surface area contributed by atoms with Crippen molar-refractivity contribution in [3.8, 4) is 0 Å². The van der Waals surface area contributed by atoms with Crippen LogP contribution in [0.5, 0.6) is 0 Å². The molecule has 0 aromatic heterocycles. The number of benzene rings is 2. The number of urea groups is 2. The quantitative estimate of drug-likeness (QED) is 0.786. The molecule has 0 saturated carbocycles. The van der Waals surface area contributed by atoms with Gasteiger partial charge in [0.15, 0.2) is 0 Å². The first-order valence-electron chi connectivity index (χ1n) is 9.78. The number of anilines is 2. The van der Waals surface area contributed by atoms with Crippen LogP contribution in [0.2, 0.25) is 0 Å². The Hall–Kier alpha value is -3.35. The van der Waals surface area contributed by atoms with Gasteiger partial charge in [-0.3, -0.25) is 4.79 Å². The highest BCUT2D eigenvalue weighted by Gasteiger charge is 2.48. The Labute approximate surface area is 169 Å². The Morgan fingerprint density at radius 2 is 1.59 bits per heavy atom. The average molecular weight is 392 g/mol. The summed E-state index contributed by atoms with van der Waals surface area (Å²) in [4.78, 5) is 40.9. The van der Waals surface area contributed by atoms with Crippen LogP contribution >= 0.6 is 0 Å². The predicted octanol–water partition coefficient (Wildman–Crippen LogP) is 3.42. The smallest absolute Gasteiger partial charge is 0.332 e. The lowest BCUT2D eigenvalue weighted by Gasteiger charge is -2.32. The van der Waals surface area contributed by atoms with Crippen LogP contribution in [0.15, 0.2) is 48.5 Å². The highest BCUT2D eigenvalue weighted by molar-refractivity contribution is 6.21. The molecule has 2 atom stereocenters. The molecule has 7 nitrogen and oxygen atoms in total. The lowest BCUT2D eigenvalue weighted by atomic mass is 9.98. The topological polar surface area (TPSA) is 81.8 Å². The van der Waals surface area contributed by atoms with Gasteiger partial charge in [0.25, 0.3) is 5.91 Å². The number of carbonyl (C=O) groups is 3. The molecule has 2 aromatic carbocycles. The second-order valence-electron chi connectivity index (χ2n) is 7.69. The van der Waals surface area contributed by atoms with Crippen LogP contribution in [-0.4, -0.2) is 41.5 Å². The van der Waals surface area contributed by atoms with E-state index in [0.29, 0.717) is 30.8 Å². The Bertz CT molecular complexity index is 940. The lowest BCUT2D eigenvalue weighted by molar-refractivity contribution is -0.120. The number of rotatable bonds is 3. The zero-order chi connectivity index (χ0) is 20.5. The third kappa shape index (κ3) is 3.81. The summed E-state index contributed by atoms with van der Waals surface area (Å²) in [7, 11) is 0. The molecule has 150 valence electrons. The van der Waals surface area contributed by atoms with E-state index in [4.69, 9.17) is 0 Å². The second-order valence-corrected chi connectivity index (χ2v) is 7.69. The first-order valence-corrected chi connectivity index (χ1v) is 9.78. The van der Waals surface area contributed by atoms with Crippen molar-refractivity contribution in [2.45, 2.75) is 38.8 Å². The third-order valence-corrected chi connectivity index (χ3v) is 5.48. The van der Waals surface area contributed by atoms with Gasteiger partial charge in [0.05, 0.1) is 5.69 Å². The molecule has 2 heterocycles. The molecule has 2 saturated heterocycles. The number of piperidine rings is 1. The van der Waals surface area contributed by atoms with Gasteiger partial charge in [-0.2, -0.15) is 0 Å². The van der Waals surface area contributed by atoms with Gasteiger partial charge >= 0.3 is 12.1 Å². The maximum absolute atomic E-state index is 12.9. The number of nitrogens with one attached hydrogen (secondary N) is 2. The van der Waals surface area contributed by atoms with Gasteiger partial charge in [-0.15, -0.1) is 0 Å². The van der Waals surface area contributed by atoms with Gasteiger partial charge in [0.2, 0.25) is 0 Å². The van der Waals surface area contributed by atoms with E-state index >= 15 is 0 Å². The van der Waals surface area contributed by atoms with Crippen LogP contribution < -0.4 is 15.5 Å². The molecule has 2 aliphatic rings. The number of hydrogen-bond acceptors (Lipinski definition) is 3. The zero-order valence-electron chi connectivity index (χ0n) is 16.5. The van der Waals surface area contributed by atoms with E-state index in [9.17, 15) is 14.4 Å². The van der Waals surface area contributed by atoms with Gasteiger partial charge < -0.3 is 15.5 Å². The number of imide groups is 1. The van der Waals surface area contributed by atoms with Crippen molar-refractivity contribution in [1.29, 1.82) is 0 Å². The van der Waals surface area contributed by atoms with Crippen LogP contribution in [0.1, 0.15) is 24.0 Å². The Kier molecular flexibility index (Phi) is 4.96. The van der Waals surface area contributed by atoms with Crippen molar-refractivity contribution in [2.75, 3.05) is 16.8 Å². The van der Waals surface area contributed by atoms with E-state index in [1.165, 1.54) is 4.90 Å². The zero-order valence-corrected chi connectivity index (χ0v) is 16.5. The summed E-state index contributed by atoms with van der Waals surface area (Å²) in [5.41, 5.74) is 3.48. The highest BCUT2D eigenvalue weighted by Crippen LogP contribution is 2.31. The van der Waals surface area contributed by atoms with E-state index in [-0.39, 0.29) is 24.0 Å². The maximum Gasteiger partial charge on any atom is 0.332 e. The molecule has 2 aromatic rings. The molecule has 0 bridgehead atoms. The van der Waals surface area contributed by atoms with Crippen LogP contribution in [0.3, 0.4) is 0 Å². The monoisotopic (exact) mass is 392 g/mol. The van der Waals surface area contributed by atoms with Crippen molar-refractivity contribution in [3.63, 3.8) is 0 Å². The molecule has 0 aliphatic carbocycles. The van der Waals surface area contributed by atoms with Crippen LogP contribution in [0.25, 0.3) is 0 Å². The van der Waals surface area contributed by atoms with Gasteiger partial charge in [0, 0.05) is 18.3 Å². The lowest BCUT2D eigenvalue weighted by Crippen LogP contribution is -2.50. The molecule has 2 N–H and O–H groups in total. The van der Waals surface area contributed by atoms with E-state index < -0.39 is 6.04 Å². The number of nitrogens with zero attached hydrogens (tertiary/aromatic N) is 2. The van der Waals surface area contributed by atoms with Crippen molar-refractivity contribution in [3.05, 3.63) is 59.7 Å². The third-order valence-electron chi connectivity index (χ3n) is 5.48. The molecule has 2 unspecified atom stereocenters. The highest BCUT2D eigenvalue weighted by atomic mass is 16.2. The Morgan fingerprint density at radius 1 is 0.966 bits per heavy atom. The molecule has 0 radical (unpaired) electrons. The van der Waals surface area contributed by atoms with Crippen LogP contribution in [0, 0.1) is 13.8 Å². The van der Waals surface area contributed by atoms with Crippen LogP contribution in [0.4, 0.5) is 21.0 Å². The van der Waals surface area contributed by atoms with Crippen molar-refractivity contribution >= 4 is 29.3 Å². The van der Waals surface area contributed by atoms with E-state index in [0.717, 1.165) is 11.1 Å². The number of fused-ring (bicyclic) bond motifs is 1. The summed E-state index contributed by atoms with van der Waals surface area (Å²) in [6, 6.07) is 13.6. The summed E-state index contributed by atoms with van der Waals surface area (Å²) in [6.07, 6.45) is 1.02. The minimum atomic E-state index is -0.540. The molecule has 2 fully saturated rings. The summed E-state index contributed by atoms with van der Waals surface area (Å²) in [6.45, 7) is 4.38. The van der Waals surface area contributed by atoms with Crippen molar-refractivity contribution in [1.82, 2.24) is 10.2 Å². The van der Waals surface area contributed by atoms with Crippen molar-refractivity contribution < 1.29 is 14.4 Å². The number of aryl methyl sites for hydroxylation is 2. The summed E-state index contributed by atoms with van der Waals surface area (Å²) in [5.74, 6) is -0.232. The van der Waals surface area contributed by atoms with E-state index in [2.05, 4.69) is 10.6 Å². The fraction of sp³-hybridized carbons (Fsp3) is 0.318. The largest absolute Gasteiger partial charge is 0.335 e. The van der Waals surface area contributed by atoms with Gasteiger partial charge in [-0.25, -0.2) is 14.5 Å². The van der Waals surface area contributed by atoms with E-state index in [1.54, 1.807) is 17.0 Å². The fourth-order valence-electron chi connectivity index (χ4n) is 3.85. The van der Waals surface area contributed by atoms with Gasteiger partial charge in [-0.1, -0.05) is 35.4 Å². The standard InChI is InChI=1S/C22H24N4O3/c1-14-3-7-16(8-4-14)23-21(28)24-17-11-12-25-19(13-17)20(27)26(22(25)29)18-9-5-15(2)6-10-18/h3-10,17,19H,11-13H2,1-2H3,(H2,23,24,28). The molecular weight excluding hydrogens is 368 g/mol. The second kappa shape index (κ2) is 7.58. The first kappa shape index (κ1) is 19.0. The number of amides is 5. The summed E-state index contributed by atoms with van der Waals surface area (Å²) in [5, 5.41) is 5.74. The summed E-state index contributed by atoms with van der Waals surface area (Å²) >= 11 is 0. The number of carbonyl (C=O) groups excluding carboxylic acids is 3. The van der Waals surface area contributed by atoms with Gasteiger partial charge in [0.1, 0.15) is 6.04 Å². The number of hydrogen-bond donors (Lipinski definition) is 2. The first-order chi connectivity index (χ1) is 13.9. The summed E-state index contributed by atoms with van der Waals surface area (Å²) < 4.78 is 0. The molecule has 5 amide bonds.